The smallest absolute Gasteiger partial charge is 0.270 e. The lowest BCUT2D eigenvalue weighted by molar-refractivity contribution is 0.0710. The third kappa shape index (κ3) is 3.48. The molecular formula is C24H19F4N3O2. The van der Waals surface area contributed by atoms with E-state index in [0.717, 1.165) is 17.7 Å². The zero-order chi connectivity index (χ0) is 23.4. The first-order valence-corrected chi connectivity index (χ1v) is 10.5. The van der Waals surface area contributed by atoms with Crippen molar-refractivity contribution in [2.45, 2.75) is 31.7 Å². The molecule has 2 aromatic carbocycles. The van der Waals surface area contributed by atoms with Crippen molar-refractivity contribution in [3.63, 3.8) is 0 Å². The summed E-state index contributed by atoms with van der Waals surface area (Å²) in [5.74, 6) is -1.83. The molecule has 2 heterocycles. The summed E-state index contributed by atoms with van der Waals surface area (Å²) in [6.07, 6.45) is -0.968. The maximum Gasteiger partial charge on any atom is 0.270 e. The van der Waals surface area contributed by atoms with Gasteiger partial charge in [0.25, 0.3) is 17.9 Å². The number of aromatic nitrogens is 2. The number of carbonyl (C=O) groups excluding carboxylic acids is 1. The van der Waals surface area contributed by atoms with Crippen molar-refractivity contribution in [1.29, 1.82) is 0 Å². The van der Waals surface area contributed by atoms with Crippen LogP contribution in [-0.2, 0) is 6.42 Å². The van der Waals surface area contributed by atoms with Crippen molar-refractivity contribution in [2.75, 3.05) is 7.05 Å². The Balaban J connectivity index is 1.59. The lowest BCUT2D eigenvalue weighted by atomic mass is 9.86. The summed E-state index contributed by atoms with van der Waals surface area (Å²) in [7, 11) is 1.59. The molecule has 170 valence electrons. The summed E-state index contributed by atoms with van der Waals surface area (Å²) in [6.45, 7) is 0. The van der Waals surface area contributed by atoms with E-state index in [1.54, 1.807) is 7.05 Å². The zero-order valence-electron chi connectivity index (χ0n) is 17.5. The molecule has 5 nitrogen and oxygen atoms in total. The quantitative estimate of drug-likeness (QED) is 0.406. The first kappa shape index (κ1) is 21.2. The number of nitrogens with zero attached hydrogens (tertiary/aromatic N) is 1. The topological polar surface area (TPSA) is 69.0 Å². The molecule has 2 aromatic heterocycles. The highest BCUT2D eigenvalue weighted by Gasteiger charge is 2.31. The van der Waals surface area contributed by atoms with Gasteiger partial charge in [-0.25, -0.2) is 17.6 Å². The van der Waals surface area contributed by atoms with Crippen LogP contribution in [0.2, 0.25) is 0 Å². The summed E-state index contributed by atoms with van der Waals surface area (Å²) >= 11 is 0. The number of fused-ring (bicyclic) bond motifs is 4. The van der Waals surface area contributed by atoms with Gasteiger partial charge in [0, 0.05) is 34.8 Å². The molecule has 0 radical (unpaired) electrons. The van der Waals surface area contributed by atoms with Crippen LogP contribution in [0.25, 0.3) is 21.7 Å². The van der Waals surface area contributed by atoms with Gasteiger partial charge in [-0.05, 0) is 55.0 Å². The van der Waals surface area contributed by atoms with Crippen LogP contribution in [0, 0.1) is 11.6 Å². The van der Waals surface area contributed by atoms with E-state index in [1.165, 1.54) is 29.2 Å². The number of benzene rings is 2. The van der Waals surface area contributed by atoms with Crippen LogP contribution in [0.5, 0.6) is 0 Å². The molecule has 0 saturated carbocycles. The molecule has 9 heteroatoms. The van der Waals surface area contributed by atoms with E-state index in [1.807, 2.05) is 0 Å². The van der Waals surface area contributed by atoms with Crippen LogP contribution < -0.4 is 5.56 Å². The largest absolute Gasteiger partial charge is 0.350 e. The summed E-state index contributed by atoms with van der Waals surface area (Å²) in [4.78, 5) is 32.8. The van der Waals surface area contributed by atoms with Gasteiger partial charge >= 0.3 is 0 Å². The highest BCUT2D eigenvalue weighted by molar-refractivity contribution is 5.99. The second-order valence-corrected chi connectivity index (χ2v) is 8.30. The average Bonchev–Trinajstić information content (AvgIpc) is 3.21. The summed E-state index contributed by atoms with van der Waals surface area (Å²) in [5.41, 5.74) is 0.700. The zero-order valence-corrected chi connectivity index (χ0v) is 17.5. The molecular weight excluding hydrogens is 438 g/mol. The molecule has 1 amide bonds. The number of pyridine rings is 1. The number of aromatic amines is 2. The molecule has 0 saturated heterocycles. The molecule has 2 N–H and O–H groups in total. The van der Waals surface area contributed by atoms with Gasteiger partial charge in [-0.1, -0.05) is 6.07 Å². The van der Waals surface area contributed by atoms with E-state index >= 15 is 0 Å². The van der Waals surface area contributed by atoms with Gasteiger partial charge < -0.3 is 14.9 Å². The second-order valence-electron chi connectivity index (χ2n) is 8.30. The molecule has 4 aromatic rings. The lowest BCUT2D eigenvalue weighted by Gasteiger charge is -2.33. The fourth-order valence-corrected chi connectivity index (χ4v) is 4.81. The Kier molecular flexibility index (Phi) is 4.99. The number of hydrogen-bond acceptors (Lipinski definition) is 2. The van der Waals surface area contributed by atoms with Crippen molar-refractivity contribution in [1.82, 2.24) is 14.9 Å². The monoisotopic (exact) mass is 457 g/mol. The number of halogens is 4. The highest BCUT2D eigenvalue weighted by Crippen LogP contribution is 2.38. The normalized spacial score (nSPS) is 15.9. The van der Waals surface area contributed by atoms with E-state index < -0.39 is 41.1 Å². The molecule has 1 aliphatic rings. The molecule has 1 atom stereocenters. The Bertz CT molecular complexity index is 1470. The molecule has 33 heavy (non-hydrogen) atoms. The molecule has 0 fully saturated rings. The molecule has 5 rings (SSSR count). The van der Waals surface area contributed by atoms with Gasteiger partial charge in [0.2, 0.25) is 0 Å². The third-order valence-corrected chi connectivity index (χ3v) is 6.33. The third-order valence-electron chi connectivity index (χ3n) is 6.33. The van der Waals surface area contributed by atoms with Gasteiger partial charge in [-0.3, -0.25) is 9.59 Å². The van der Waals surface area contributed by atoms with Crippen molar-refractivity contribution >= 4 is 27.6 Å². The van der Waals surface area contributed by atoms with Crippen LogP contribution in [0.15, 0.2) is 41.2 Å². The van der Waals surface area contributed by atoms with Crippen molar-refractivity contribution in [3.8, 4) is 0 Å². The van der Waals surface area contributed by atoms with Gasteiger partial charge in [0.1, 0.15) is 17.3 Å². The van der Waals surface area contributed by atoms with Crippen molar-refractivity contribution in [2.24, 2.45) is 0 Å². The Morgan fingerprint density at radius 1 is 1.03 bits per heavy atom. The number of aryl methyl sites for hydroxylation is 1. The van der Waals surface area contributed by atoms with E-state index in [2.05, 4.69) is 9.97 Å². The minimum Gasteiger partial charge on any atom is -0.350 e. The van der Waals surface area contributed by atoms with Gasteiger partial charge in [-0.15, -0.1) is 0 Å². The fourth-order valence-electron chi connectivity index (χ4n) is 4.81. The summed E-state index contributed by atoms with van der Waals surface area (Å²) in [6, 6.07) is 6.69. The van der Waals surface area contributed by atoms with Crippen LogP contribution in [0.4, 0.5) is 17.6 Å². The van der Waals surface area contributed by atoms with E-state index in [4.69, 9.17) is 0 Å². The number of alkyl halides is 2. The number of rotatable bonds is 3. The Hall–Kier alpha value is -3.62. The number of hydrogen-bond donors (Lipinski definition) is 2. The van der Waals surface area contributed by atoms with E-state index in [0.29, 0.717) is 30.3 Å². The fraction of sp³-hybridized carbons (Fsp3) is 0.250. The van der Waals surface area contributed by atoms with Gasteiger partial charge in [0.15, 0.2) is 0 Å². The lowest BCUT2D eigenvalue weighted by Crippen LogP contribution is -2.34. The van der Waals surface area contributed by atoms with Crippen molar-refractivity contribution < 1.29 is 22.4 Å². The summed E-state index contributed by atoms with van der Waals surface area (Å²) < 4.78 is 54.3. The SMILES string of the molecule is CN(C(=O)c1cc2c(C(F)F)cc(F)cc2[nH]1)[C@H]1CCCc2[nH]c(=O)c3cc(F)ccc3c21. The van der Waals surface area contributed by atoms with Crippen LogP contribution in [0.1, 0.15) is 52.6 Å². The van der Waals surface area contributed by atoms with Crippen LogP contribution >= 0.6 is 0 Å². The van der Waals surface area contributed by atoms with Crippen LogP contribution in [-0.4, -0.2) is 27.8 Å². The average molecular weight is 457 g/mol. The van der Waals surface area contributed by atoms with Gasteiger partial charge in [0.05, 0.1) is 11.4 Å². The molecule has 0 bridgehead atoms. The molecule has 0 spiro atoms. The molecule has 1 aliphatic carbocycles. The predicted molar refractivity (Wildman–Crippen MR) is 116 cm³/mol. The number of carbonyl (C=O) groups is 1. The standard InChI is InChI=1S/C24H19F4N3O2/c1-31(24(33)19-10-14-15(22(27)28)8-12(26)9-18(14)29-19)20-4-2-3-17-21(20)13-6-5-11(25)7-16(13)23(32)30-17/h5-10,20,22,29H,2-4H2,1H3,(H,30,32)/t20-/m0/s1. The first-order valence-electron chi connectivity index (χ1n) is 10.5. The van der Waals surface area contributed by atoms with Gasteiger partial charge in [-0.2, -0.15) is 0 Å². The van der Waals surface area contributed by atoms with E-state index in [9.17, 15) is 27.2 Å². The maximum absolute atomic E-state index is 13.8. The Labute approximate surface area is 185 Å². The second kappa shape index (κ2) is 7.75. The first-order chi connectivity index (χ1) is 15.7. The Morgan fingerprint density at radius 3 is 2.58 bits per heavy atom. The summed E-state index contributed by atoms with van der Waals surface area (Å²) in [5, 5.41) is 0.847. The Morgan fingerprint density at radius 2 is 1.82 bits per heavy atom. The minimum atomic E-state index is -2.89. The molecule has 0 aliphatic heterocycles. The number of nitrogens with one attached hydrogen (secondary N) is 2. The maximum atomic E-state index is 13.8. The van der Waals surface area contributed by atoms with E-state index in [-0.39, 0.29) is 22.0 Å². The predicted octanol–water partition coefficient (Wildman–Crippen LogP) is 5.37. The number of H-pyrrole nitrogens is 2. The highest BCUT2D eigenvalue weighted by atomic mass is 19.3. The van der Waals surface area contributed by atoms with Crippen molar-refractivity contribution in [3.05, 3.63) is 80.9 Å². The minimum absolute atomic E-state index is 0.0481. The molecule has 0 unspecified atom stereocenters. The van der Waals surface area contributed by atoms with Crippen LogP contribution in [0.3, 0.4) is 0 Å². The number of amides is 1.